The Kier molecular flexibility index (Phi) is 5.06. The molecule has 0 heterocycles. The first-order chi connectivity index (χ1) is 6.06. The summed E-state index contributed by atoms with van der Waals surface area (Å²) in [6, 6.07) is 0. The molecule has 0 atom stereocenters. The van der Waals surface area contributed by atoms with Crippen molar-refractivity contribution in [2.24, 2.45) is 11.0 Å². The van der Waals surface area contributed by atoms with Crippen molar-refractivity contribution < 1.29 is 19.8 Å². The molecule has 0 radical (unpaired) electrons. The van der Waals surface area contributed by atoms with Crippen LogP contribution in [0.5, 0.6) is 0 Å². The van der Waals surface area contributed by atoms with Crippen molar-refractivity contribution in [1.29, 1.82) is 0 Å². The highest BCUT2D eigenvalue weighted by Gasteiger charge is 2.15. The third-order valence-corrected chi connectivity index (χ3v) is 1.33. The molecule has 0 spiro atoms. The lowest BCUT2D eigenvalue weighted by Gasteiger charge is -2.07. The Morgan fingerprint density at radius 1 is 1.31 bits per heavy atom. The van der Waals surface area contributed by atoms with Crippen LogP contribution in [0.2, 0.25) is 0 Å². The van der Waals surface area contributed by atoms with E-state index in [1.807, 2.05) is 0 Å². The quantitative estimate of drug-likeness (QED) is 0.363. The Morgan fingerprint density at radius 3 is 2.08 bits per heavy atom. The Hall–Kier alpha value is -1.75. The van der Waals surface area contributed by atoms with Gasteiger partial charge in [-0.2, -0.15) is 0 Å². The second-order valence-corrected chi connectivity index (χ2v) is 2.48. The number of azide groups is 1. The van der Waals surface area contributed by atoms with E-state index in [4.69, 9.17) is 15.7 Å². The average Bonchev–Trinajstić information content (AvgIpc) is 1.98. The first-order valence-corrected chi connectivity index (χ1v) is 3.50. The summed E-state index contributed by atoms with van der Waals surface area (Å²) in [6.07, 6.45) is -0.601. The topological polar surface area (TPSA) is 123 Å². The molecule has 0 unspecified atom stereocenters. The highest BCUT2D eigenvalue weighted by atomic mass is 16.4. The van der Waals surface area contributed by atoms with Crippen LogP contribution >= 0.6 is 0 Å². The maximum absolute atomic E-state index is 10.2. The monoisotopic (exact) mass is 187 g/mol. The third kappa shape index (κ3) is 6.64. The summed E-state index contributed by atoms with van der Waals surface area (Å²) in [5.74, 6) is -2.83. The number of carbonyl (C=O) groups is 2. The van der Waals surface area contributed by atoms with E-state index in [9.17, 15) is 9.59 Å². The van der Waals surface area contributed by atoms with E-state index >= 15 is 0 Å². The summed E-state index contributed by atoms with van der Waals surface area (Å²) in [5.41, 5.74) is 7.95. The van der Waals surface area contributed by atoms with Gasteiger partial charge in [0.2, 0.25) is 0 Å². The van der Waals surface area contributed by atoms with E-state index in [-0.39, 0.29) is 19.4 Å². The molecule has 0 aliphatic heterocycles. The molecule has 2 N–H and O–H groups in total. The second-order valence-electron chi connectivity index (χ2n) is 2.48. The first-order valence-electron chi connectivity index (χ1n) is 3.50. The zero-order chi connectivity index (χ0) is 10.3. The van der Waals surface area contributed by atoms with Crippen LogP contribution in [0.25, 0.3) is 10.4 Å². The smallest absolute Gasteiger partial charge is 0.303 e. The lowest BCUT2D eigenvalue weighted by molar-refractivity contribution is -0.140. The van der Waals surface area contributed by atoms with Crippen LogP contribution in [0.15, 0.2) is 5.11 Å². The van der Waals surface area contributed by atoms with Crippen LogP contribution in [-0.4, -0.2) is 28.7 Å². The van der Waals surface area contributed by atoms with Crippen molar-refractivity contribution in [2.45, 2.75) is 12.8 Å². The largest absolute Gasteiger partial charge is 0.481 e. The van der Waals surface area contributed by atoms with Gasteiger partial charge in [0.15, 0.2) is 0 Å². The Morgan fingerprint density at radius 2 is 1.77 bits per heavy atom. The summed E-state index contributed by atoms with van der Waals surface area (Å²) in [7, 11) is 0. The van der Waals surface area contributed by atoms with E-state index in [0.717, 1.165) is 0 Å². The van der Waals surface area contributed by atoms with E-state index in [1.165, 1.54) is 0 Å². The van der Waals surface area contributed by atoms with Crippen LogP contribution < -0.4 is 0 Å². The van der Waals surface area contributed by atoms with Crippen LogP contribution in [0.1, 0.15) is 12.8 Å². The molecule has 0 fully saturated rings. The second kappa shape index (κ2) is 5.84. The molecular weight excluding hydrogens is 178 g/mol. The number of aliphatic carboxylic acids is 2. The fourth-order valence-corrected chi connectivity index (χ4v) is 0.847. The molecular formula is C6H9N3O4. The van der Waals surface area contributed by atoms with E-state index in [2.05, 4.69) is 10.0 Å². The van der Waals surface area contributed by atoms with Gasteiger partial charge in [-0.25, -0.2) is 0 Å². The predicted octanol–water partition coefficient (Wildman–Crippen LogP) is 0.862. The molecule has 0 aliphatic carbocycles. The van der Waals surface area contributed by atoms with Gasteiger partial charge in [0.1, 0.15) is 0 Å². The Balaban J connectivity index is 4.09. The highest BCUT2D eigenvalue weighted by molar-refractivity contribution is 5.70. The van der Waals surface area contributed by atoms with Crippen LogP contribution in [-0.2, 0) is 9.59 Å². The Bertz CT molecular complexity index is 225. The summed E-state index contributed by atoms with van der Waals surface area (Å²) in [4.78, 5) is 22.9. The van der Waals surface area contributed by atoms with Gasteiger partial charge < -0.3 is 10.2 Å². The van der Waals surface area contributed by atoms with Gasteiger partial charge in [-0.1, -0.05) is 5.11 Å². The van der Waals surface area contributed by atoms with Gasteiger partial charge in [-0.05, 0) is 11.4 Å². The maximum Gasteiger partial charge on any atom is 0.303 e. The molecule has 72 valence electrons. The van der Waals surface area contributed by atoms with Gasteiger partial charge in [-0.3, -0.25) is 9.59 Å². The van der Waals surface area contributed by atoms with Crippen molar-refractivity contribution in [3.63, 3.8) is 0 Å². The van der Waals surface area contributed by atoms with E-state index < -0.39 is 17.9 Å². The number of carboxylic acid groups (broad SMARTS) is 2. The summed E-state index contributed by atoms with van der Waals surface area (Å²) < 4.78 is 0. The fraction of sp³-hybridized carbons (Fsp3) is 0.667. The van der Waals surface area contributed by atoms with Crippen molar-refractivity contribution in [2.75, 3.05) is 6.54 Å². The summed E-state index contributed by atoms with van der Waals surface area (Å²) in [5, 5.41) is 19.9. The number of hydrogen-bond donors (Lipinski definition) is 2. The van der Waals surface area contributed by atoms with Gasteiger partial charge in [-0.15, -0.1) is 0 Å². The van der Waals surface area contributed by atoms with Gasteiger partial charge >= 0.3 is 11.9 Å². The van der Waals surface area contributed by atoms with Crippen molar-refractivity contribution >= 4 is 11.9 Å². The predicted molar refractivity (Wildman–Crippen MR) is 42.0 cm³/mol. The highest BCUT2D eigenvalue weighted by Crippen LogP contribution is 2.09. The lowest BCUT2D eigenvalue weighted by Crippen LogP contribution is -2.15. The standard InChI is InChI=1S/C6H9N3O4/c7-9-8-3-4(1-5(10)11)2-6(12)13/h4H,1-3H2,(H,10,11)(H,12,13). The van der Waals surface area contributed by atoms with Gasteiger partial charge in [0, 0.05) is 24.3 Å². The average molecular weight is 187 g/mol. The van der Waals surface area contributed by atoms with Gasteiger partial charge in [0.25, 0.3) is 0 Å². The summed E-state index contributed by atoms with van der Waals surface area (Å²) >= 11 is 0. The minimum Gasteiger partial charge on any atom is -0.481 e. The van der Waals surface area contributed by atoms with Crippen LogP contribution in [0.3, 0.4) is 0 Å². The molecule has 0 saturated heterocycles. The molecule has 0 aromatic rings. The number of hydrogen-bond acceptors (Lipinski definition) is 3. The van der Waals surface area contributed by atoms with Crippen molar-refractivity contribution in [3.05, 3.63) is 10.4 Å². The molecule has 7 heteroatoms. The molecule has 0 aliphatic rings. The lowest BCUT2D eigenvalue weighted by atomic mass is 10.0. The Labute approximate surface area is 73.6 Å². The number of nitrogens with zero attached hydrogens (tertiary/aromatic N) is 3. The molecule has 0 amide bonds. The first kappa shape index (κ1) is 11.2. The zero-order valence-electron chi connectivity index (χ0n) is 6.75. The zero-order valence-corrected chi connectivity index (χ0v) is 6.75. The third-order valence-electron chi connectivity index (χ3n) is 1.33. The number of rotatable bonds is 6. The normalized spacial score (nSPS) is 9.31. The number of carboxylic acids is 2. The molecule has 0 aromatic heterocycles. The van der Waals surface area contributed by atoms with E-state index in [1.54, 1.807) is 0 Å². The molecule has 0 aromatic carbocycles. The molecule has 7 nitrogen and oxygen atoms in total. The maximum atomic E-state index is 10.2. The molecule has 0 saturated carbocycles. The van der Waals surface area contributed by atoms with Gasteiger partial charge in [0.05, 0.1) is 0 Å². The van der Waals surface area contributed by atoms with Crippen molar-refractivity contribution in [3.8, 4) is 0 Å². The molecule has 0 bridgehead atoms. The van der Waals surface area contributed by atoms with Crippen LogP contribution in [0.4, 0.5) is 0 Å². The van der Waals surface area contributed by atoms with Crippen molar-refractivity contribution in [1.82, 2.24) is 0 Å². The van der Waals surface area contributed by atoms with E-state index in [0.29, 0.717) is 0 Å². The minimum absolute atomic E-state index is 0.102. The summed E-state index contributed by atoms with van der Waals surface area (Å²) in [6.45, 7) is -0.102. The minimum atomic E-state index is -1.10. The molecule has 13 heavy (non-hydrogen) atoms. The SMILES string of the molecule is [N-]=[N+]=NCC(CC(=O)O)CC(=O)O. The molecule has 0 rings (SSSR count). The fourth-order valence-electron chi connectivity index (χ4n) is 0.847. The van der Waals surface area contributed by atoms with Crippen LogP contribution in [0, 0.1) is 5.92 Å².